The molecule has 3 atom stereocenters. The Morgan fingerprint density at radius 2 is 0.754 bits per heavy atom. The third kappa shape index (κ3) is 51.2. The van der Waals surface area contributed by atoms with Crippen LogP contribution in [0.5, 0.6) is 0 Å². The zero-order chi connectivity index (χ0) is 47.8. The van der Waals surface area contributed by atoms with Crippen molar-refractivity contribution in [3.8, 4) is 0 Å². The van der Waals surface area contributed by atoms with Crippen molar-refractivity contribution in [2.75, 3.05) is 40.9 Å². The van der Waals surface area contributed by atoms with Crippen molar-refractivity contribution in [1.82, 2.24) is 5.32 Å². The van der Waals surface area contributed by atoms with Crippen LogP contribution in [-0.2, 0) is 18.4 Å². The van der Waals surface area contributed by atoms with Crippen LogP contribution in [0.2, 0.25) is 0 Å². The van der Waals surface area contributed by atoms with Crippen molar-refractivity contribution in [2.24, 2.45) is 0 Å². The standard InChI is InChI=1S/C56H115N2O6P/c1-6-8-10-12-14-16-18-19-20-21-22-23-24-25-26-27-28-29-30-31-32-33-34-35-36-37-38-39-40-41-43-45-47-49-55(59)54(53-64-65(61,62)63-52-51-58(3,4)5)57-56(60)50-48-46-44-42-17-15-13-11-9-7-2/h54-55,59H,6-53H2,1-5H3,(H-,57,60,61,62). The molecule has 0 aliphatic carbocycles. The van der Waals surface area contributed by atoms with Crippen LogP contribution in [0.3, 0.4) is 0 Å². The van der Waals surface area contributed by atoms with Gasteiger partial charge in [-0.05, 0) is 12.8 Å². The Hall–Kier alpha value is -0.500. The van der Waals surface area contributed by atoms with Crippen LogP contribution in [-0.4, -0.2) is 68.5 Å². The van der Waals surface area contributed by atoms with Crippen molar-refractivity contribution in [1.29, 1.82) is 0 Å². The molecule has 0 bridgehead atoms. The number of hydrogen-bond acceptors (Lipinski definition) is 6. The second-order valence-corrected chi connectivity index (χ2v) is 22.8. The van der Waals surface area contributed by atoms with Gasteiger partial charge in [0.15, 0.2) is 0 Å². The first-order valence-corrected chi connectivity index (χ1v) is 30.3. The van der Waals surface area contributed by atoms with Crippen LogP contribution in [0, 0.1) is 0 Å². The fourth-order valence-electron chi connectivity index (χ4n) is 9.04. The number of phosphoric ester groups is 1. The normalized spacial score (nSPS) is 13.9. The van der Waals surface area contributed by atoms with E-state index in [1.807, 2.05) is 21.1 Å². The number of aliphatic hydroxyl groups is 1. The number of aliphatic hydroxyl groups excluding tert-OH is 1. The van der Waals surface area contributed by atoms with Crippen molar-refractivity contribution >= 4 is 13.7 Å². The van der Waals surface area contributed by atoms with Crippen molar-refractivity contribution < 1.29 is 32.9 Å². The molecule has 0 rings (SSSR count). The third-order valence-electron chi connectivity index (χ3n) is 13.6. The van der Waals surface area contributed by atoms with Crippen LogP contribution in [0.25, 0.3) is 0 Å². The molecule has 0 aromatic rings. The van der Waals surface area contributed by atoms with Crippen LogP contribution < -0.4 is 10.2 Å². The molecule has 0 saturated carbocycles. The zero-order valence-electron chi connectivity index (χ0n) is 44.5. The fourth-order valence-corrected chi connectivity index (χ4v) is 9.77. The van der Waals surface area contributed by atoms with Gasteiger partial charge >= 0.3 is 0 Å². The van der Waals surface area contributed by atoms with Crippen LogP contribution in [0.15, 0.2) is 0 Å². The van der Waals surface area contributed by atoms with E-state index in [-0.39, 0.29) is 19.1 Å². The molecule has 0 saturated heterocycles. The van der Waals surface area contributed by atoms with Gasteiger partial charge in [-0.2, -0.15) is 0 Å². The number of rotatable bonds is 54. The van der Waals surface area contributed by atoms with Gasteiger partial charge in [0.2, 0.25) is 5.91 Å². The number of carbonyl (C=O) groups is 1. The topological polar surface area (TPSA) is 108 Å². The number of unbranched alkanes of at least 4 members (excludes halogenated alkanes) is 41. The Morgan fingerprint density at radius 1 is 0.477 bits per heavy atom. The largest absolute Gasteiger partial charge is 0.756 e. The summed E-state index contributed by atoms with van der Waals surface area (Å²) in [7, 11) is 1.32. The van der Waals surface area contributed by atoms with Crippen molar-refractivity contribution in [3.63, 3.8) is 0 Å². The van der Waals surface area contributed by atoms with E-state index in [4.69, 9.17) is 9.05 Å². The highest BCUT2D eigenvalue weighted by atomic mass is 31.2. The number of phosphoric acid groups is 1. The highest BCUT2D eigenvalue weighted by Crippen LogP contribution is 2.38. The molecule has 1 amide bonds. The number of nitrogens with one attached hydrogen (secondary N) is 1. The molecule has 9 heteroatoms. The van der Waals surface area contributed by atoms with E-state index in [2.05, 4.69) is 19.2 Å². The second-order valence-electron chi connectivity index (χ2n) is 21.4. The lowest BCUT2D eigenvalue weighted by Crippen LogP contribution is -2.46. The predicted octanol–water partition coefficient (Wildman–Crippen LogP) is 16.6. The van der Waals surface area contributed by atoms with Gasteiger partial charge in [0.05, 0.1) is 39.9 Å². The summed E-state index contributed by atoms with van der Waals surface area (Å²) in [5, 5.41) is 14.0. The van der Waals surface area contributed by atoms with Gasteiger partial charge in [-0.15, -0.1) is 0 Å². The average molecular weight is 944 g/mol. The molecule has 0 aromatic heterocycles. The first kappa shape index (κ1) is 64.5. The van der Waals surface area contributed by atoms with Gasteiger partial charge in [-0.1, -0.05) is 284 Å². The van der Waals surface area contributed by atoms with E-state index >= 15 is 0 Å². The Balaban J connectivity index is 3.89. The summed E-state index contributed by atoms with van der Waals surface area (Å²) in [6, 6.07) is -0.793. The number of nitrogens with zero attached hydrogens (tertiary/aromatic N) is 1. The number of amides is 1. The van der Waals surface area contributed by atoms with Gasteiger partial charge in [-0.25, -0.2) is 0 Å². The Kier molecular flexibility index (Phi) is 48.1. The average Bonchev–Trinajstić information content (AvgIpc) is 3.26. The lowest BCUT2D eigenvalue weighted by Gasteiger charge is -2.30. The summed E-state index contributed by atoms with van der Waals surface area (Å²) < 4.78 is 23.3. The molecule has 0 heterocycles. The zero-order valence-corrected chi connectivity index (χ0v) is 45.4. The Bertz CT molecular complexity index is 1030. The molecule has 0 radical (unpaired) electrons. The Morgan fingerprint density at radius 3 is 1.05 bits per heavy atom. The summed E-state index contributed by atoms with van der Waals surface area (Å²) >= 11 is 0. The summed E-state index contributed by atoms with van der Waals surface area (Å²) in [5.41, 5.74) is 0. The maximum Gasteiger partial charge on any atom is 0.268 e. The van der Waals surface area contributed by atoms with Crippen molar-refractivity contribution in [3.05, 3.63) is 0 Å². The molecule has 8 nitrogen and oxygen atoms in total. The van der Waals surface area contributed by atoms with Gasteiger partial charge < -0.3 is 28.8 Å². The predicted molar refractivity (Wildman–Crippen MR) is 279 cm³/mol. The quantitative estimate of drug-likeness (QED) is 0.0357. The van der Waals surface area contributed by atoms with E-state index in [0.717, 1.165) is 38.5 Å². The summed E-state index contributed by atoms with van der Waals surface area (Å²) in [4.78, 5) is 25.4. The summed E-state index contributed by atoms with van der Waals surface area (Å²) in [6.07, 6.45) is 57.4. The van der Waals surface area contributed by atoms with Gasteiger partial charge in [0.1, 0.15) is 13.2 Å². The van der Waals surface area contributed by atoms with Crippen LogP contribution in [0.4, 0.5) is 0 Å². The maximum absolute atomic E-state index is 12.9. The molecule has 0 aromatic carbocycles. The highest BCUT2D eigenvalue weighted by Gasteiger charge is 2.24. The monoisotopic (exact) mass is 943 g/mol. The molecular formula is C56H115N2O6P. The molecule has 0 fully saturated rings. The smallest absolute Gasteiger partial charge is 0.268 e. The SMILES string of the molecule is CCCCCCCCCCCCCCCCCCCCCCCCCCCCCCCCCCCC(O)C(COP(=O)([O-])OCC[N+](C)(C)C)NC(=O)CCCCCCCCCCCC. The second kappa shape index (κ2) is 48.5. The summed E-state index contributed by atoms with van der Waals surface area (Å²) in [6.45, 7) is 4.74. The maximum atomic E-state index is 12.9. The molecule has 0 aliphatic heterocycles. The van der Waals surface area contributed by atoms with Gasteiger partial charge in [0.25, 0.3) is 7.82 Å². The van der Waals surface area contributed by atoms with E-state index in [1.54, 1.807) is 0 Å². The molecule has 0 aliphatic rings. The van der Waals surface area contributed by atoms with E-state index in [0.29, 0.717) is 23.9 Å². The van der Waals surface area contributed by atoms with Gasteiger partial charge in [-0.3, -0.25) is 9.36 Å². The Labute approximate surface area is 406 Å². The molecule has 3 unspecified atom stereocenters. The number of carbonyl (C=O) groups excluding carboxylic acids is 1. The first-order valence-electron chi connectivity index (χ1n) is 28.9. The van der Waals surface area contributed by atoms with E-state index in [1.165, 1.54) is 238 Å². The summed E-state index contributed by atoms with van der Waals surface area (Å²) in [5.74, 6) is -0.162. The molecular weight excluding hydrogens is 828 g/mol. The number of quaternary nitrogens is 1. The minimum Gasteiger partial charge on any atom is -0.756 e. The number of likely N-dealkylation sites (N-methyl/N-ethyl adjacent to an activating group) is 1. The van der Waals surface area contributed by atoms with E-state index in [9.17, 15) is 19.4 Å². The third-order valence-corrected chi connectivity index (χ3v) is 14.6. The minimum absolute atomic E-state index is 0.0162. The fraction of sp³-hybridized carbons (Fsp3) is 0.982. The lowest BCUT2D eigenvalue weighted by atomic mass is 10.0. The molecule has 65 heavy (non-hydrogen) atoms. The minimum atomic E-state index is -4.56. The molecule has 0 spiro atoms. The highest BCUT2D eigenvalue weighted by molar-refractivity contribution is 7.45. The number of hydrogen-bond donors (Lipinski definition) is 2. The molecule has 390 valence electrons. The molecule has 2 N–H and O–H groups in total. The van der Waals surface area contributed by atoms with Crippen LogP contribution in [0.1, 0.15) is 303 Å². The van der Waals surface area contributed by atoms with Crippen molar-refractivity contribution in [2.45, 2.75) is 315 Å². The van der Waals surface area contributed by atoms with Gasteiger partial charge in [0, 0.05) is 6.42 Å². The van der Waals surface area contributed by atoms with E-state index < -0.39 is 20.0 Å². The first-order chi connectivity index (χ1) is 31.5. The lowest BCUT2D eigenvalue weighted by molar-refractivity contribution is -0.870. The van der Waals surface area contributed by atoms with Crippen LogP contribution >= 0.6 is 7.82 Å².